The lowest BCUT2D eigenvalue weighted by atomic mass is 10.3. The van der Waals surface area contributed by atoms with Gasteiger partial charge in [-0.05, 0) is 45.2 Å². The van der Waals surface area contributed by atoms with Crippen molar-refractivity contribution in [2.45, 2.75) is 25.7 Å². The highest BCUT2D eigenvalue weighted by atomic mass is 32.2. The fourth-order valence-corrected chi connectivity index (χ4v) is 3.22. The molecule has 0 saturated heterocycles. The normalized spacial score (nSPS) is 16.1. The van der Waals surface area contributed by atoms with Crippen molar-refractivity contribution in [1.82, 2.24) is 9.62 Å². The van der Waals surface area contributed by atoms with Gasteiger partial charge in [-0.1, -0.05) is 5.92 Å². The molecule has 1 saturated carbocycles. The van der Waals surface area contributed by atoms with Crippen molar-refractivity contribution >= 4 is 10.0 Å². The maximum atomic E-state index is 12.1. The molecule has 98 valence electrons. The molecular weight excluding hydrogens is 236 g/mol. The van der Waals surface area contributed by atoms with Gasteiger partial charge in [-0.2, -0.15) is 4.31 Å². The highest BCUT2D eigenvalue weighted by Crippen LogP contribution is 2.30. The standard InChI is InChI=1S/C12H22N2O2S/c1-3-9-14(11-12-6-7-12)17(15,16)10-5-4-8-13-2/h1,12-13H,4-11H2,2H3. The van der Waals surface area contributed by atoms with Crippen molar-refractivity contribution in [3.63, 3.8) is 0 Å². The molecule has 4 nitrogen and oxygen atoms in total. The van der Waals surface area contributed by atoms with Crippen molar-refractivity contribution in [1.29, 1.82) is 0 Å². The van der Waals surface area contributed by atoms with E-state index in [1.807, 2.05) is 7.05 Å². The third kappa shape index (κ3) is 5.53. The predicted octanol–water partition coefficient (Wildman–Crippen LogP) is 0.661. The Hall–Kier alpha value is -0.570. The zero-order valence-corrected chi connectivity index (χ0v) is 11.3. The first-order valence-corrected chi connectivity index (χ1v) is 7.77. The highest BCUT2D eigenvalue weighted by Gasteiger charge is 2.29. The summed E-state index contributed by atoms with van der Waals surface area (Å²) in [7, 11) is -1.29. The van der Waals surface area contributed by atoms with E-state index in [1.165, 1.54) is 4.31 Å². The average molecular weight is 258 g/mol. The maximum Gasteiger partial charge on any atom is 0.214 e. The van der Waals surface area contributed by atoms with Crippen LogP contribution in [0, 0.1) is 18.3 Å². The van der Waals surface area contributed by atoms with Gasteiger partial charge in [0.15, 0.2) is 0 Å². The number of rotatable bonds is 9. The van der Waals surface area contributed by atoms with Crippen LogP contribution < -0.4 is 5.32 Å². The smallest absolute Gasteiger partial charge is 0.214 e. The van der Waals surface area contributed by atoms with Crippen LogP contribution >= 0.6 is 0 Å². The molecule has 5 heteroatoms. The number of terminal acetylenes is 1. The number of nitrogens with one attached hydrogen (secondary N) is 1. The molecule has 0 spiro atoms. The van der Waals surface area contributed by atoms with E-state index in [-0.39, 0.29) is 12.3 Å². The molecule has 1 aliphatic rings. The molecule has 0 aromatic heterocycles. The molecule has 0 atom stereocenters. The minimum Gasteiger partial charge on any atom is -0.320 e. The molecule has 0 heterocycles. The third-order valence-corrected chi connectivity index (χ3v) is 4.77. The van der Waals surface area contributed by atoms with Gasteiger partial charge in [0, 0.05) is 6.54 Å². The van der Waals surface area contributed by atoms with E-state index in [0.717, 1.165) is 25.8 Å². The second-order valence-electron chi connectivity index (χ2n) is 4.57. The van der Waals surface area contributed by atoms with E-state index in [1.54, 1.807) is 0 Å². The fourth-order valence-electron chi connectivity index (χ4n) is 1.68. The van der Waals surface area contributed by atoms with Crippen molar-refractivity contribution in [3.05, 3.63) is 0 Å². The Labute approximate surface area is 105 Å². The van der Waals surface area contributed by atoms with Gasteiger partial charge in [0.2, 0.25) is 10.0 Å². The SMILES string of the molecule is C#CCN(CC1CC1)S(=O)(=O)CCCCNC. The molecule has 0 bridgehead atoms. The van der Waals surface area contributed by atoms with Crippen LogP contribution in [0.15, 0.2) is 0 Å². The summed E-state index contributed by atoms with van der Waals surface area (Å²) in [6, 6.07) is 0. The predicted molar refractivity (Wildman–Crippen MR) is 70.1 cm³/mol. The number of hydrogen-bond donors (Lipinski definition) is 1. The Kier molecular flexibility index (Phi) is 5.96. The zero-order valence-electron chi connectivity index (χ0n) is 10.5. The number of nitrogens with zero attached hydrogens (tertiary/aromatic N) is 1. The summed E-state index contributed by atoms with van der Waals surface area (Å²) in [6.45, 7) is 1.68. The van der Waals surface area contributed by atoms with Crippen LogP contribution in [0.5, 0.6) is 0 Å². The van der Waals surface area contributed by atoms with Crippen molar-refractivity contribution < 1.29 is 8.42 Å². The summed E-state index contributed by atoms with van der Waals surface area (Å²) in [6.07, 6.45) is 9.07. The van der Waals surface area contributed by atoms with Gasteiger partial charge >= 0.3 is 0 Å². The Balaban J connectivity index is 2.42. The molecule has 0 aromatic rings. The Bertz CT molecular complexity index is 355. The van der Waals surface area contributed by atoms with Crippen LogP contribution in [0.2, 0.25) is 0 Å². The van der Waals surface area contributed by atoms with Crippen molar-refractivity contribution in [3.8, 4) is 12.3 Å². The molecule has 0 amide bonds. The van der Waals surface area contributed by atoms with Gasteiger partial charge in [0.05, 0.1) is 12.3 Å². The van der Waals surface area contributed by atoms with Crippen LogP contribution in [-0.4, -0.2) is 45.2 Å². The monoisotopic (exact) mass is 258 g/mol. The first kappa shape index (κ1) is 14.5. The van der Waals surface area contributed by atoms with Gasteiger partial charge in [0.25, 0.3) is 0 Å². The first-order chi connectivity index (χ1) is 8.10. The molecule has 1 aliphatic carbocycles. The second kappa shape index (κ2) is 7.00. The Morgan fingerprint density at radius 1 is 1.41 bits per heavy atom. The minimum absolute atomic E-state index is 0.211. The minimum atomic E-state index is -3.16. The summed E-state index contributed by atoms with van der Waals surface area (Å²) >= 11 is 0. The van der Waals surface area contributed by atoms with Gasteiger partial charge < -0.3 is 5.32 Å². The molecule has 17 heavy (non-hydrogen) atoms. The summed E-state index contributed by atoms with van der Waals surface area (Å²) in [5, 5.41) is 3.01. The summed E-state index contributed by atoms with van der Waals surface area (Å²) in [5.41, 5.74) is 0. The highest BCUT2D eigenvalue weighted by molar-refractivity contribution is 7.89. The van der Waals surface area contributed by atoms with Gasteiger partial charge in [-0.25, -0.2) is 8.42 Å². The van der Waals surface area contributed by atoms with Gasteiger partial charge in [-0.3, -0.25) is 0 Å². The largest absolute Gasteiger partial charge is 0.320 e. The van der Waals surface area contributed by atoms with Crippen LogP contribution in [0.1, 0.15) is 25.7 Å². The van der Waals surface area contributed by atoms with Gasteiger partial charge in [0.1, 0.15) is 0 Å². The first-order valence-electron chi connectivity index (χ1n) is 6.16. The van der Waals surface area contributed by atoms with Crippen LogP contribution in [0.4, 0.5) is 0 Å². The molecule has 0 unspecified atom stereocenters. The number of sulfonamides is 1. The van der Waals surface area contributed by atoms with E-state index in [2.05, 4.69) is 11.2 Å². The molecule has 0 aromatic carbocycles. The molecule has 1 fully saturated rings. The van der Waals surface area contributed by atoms with E-state index in [4.69, 9.17) is 6.42 Å². The van der Waals surface area contributed by atoms with Crippen LogP contribution in [0.25, 0.3) is 0 Å². The summed E-state index contributed by atoms with van der Waals surface area (Å²) in [4.78, 5) is 0. The summed E-state index contributed by atoms with van der Waals surface area (Å²) < 4.78 is 25.6. The van der Waals surface area contributed by atoms with Crippen LogP contribution in [-0.2, 0) is 10.0 Å². The van der Waals surface area contributed by atoms with Crippen LogP contribution in [0.3, 0.4) is 0 Å². The van der Waals surface area contributed by atoms with E-state index in [9.17, 15) is 8.42 Å². The molecular formula is C12H22N2O2S. The van der Waals surface area contributed by atoms with E-state index < -0.39 is 10.0 Å². The second-order valence-corrected chi connectivity index (χ2v) is 6.66. The average Bonchev–Trinajstić information content (AvgIpc) is 3.08. The van der Waals surface area contributed by atoms with E-state index in [0.29, 0.717) is 18.9 Å². The van der Waals surface area contributed by atoms with Crippen molar-refractivity contribution in [2.75, 3.05) is 32.4 Å². The molecule has 1 rings (SSSR count). The lowest BCUT2D eigenvalue weighted by Gasteiger charge is -2.19. The fraction of sp³-hybridized carbons (Fsp3) is 0.833. The quantitative estimate of drug-likeness (QED) is 0.488. The third-order valence-electron chi connectivity index (χ3n) is 2.90. The topological polar surface area (TPSA) is 49.4 Å². The molecule has 0 aliphatic heterocycles. The lowest BCUT2D eigenvalue weighted by Crippen LogP contribution is -2.35. The Morgan fingerprint density at radius 3 is 2.65 bits per heavy atom. The number of hydrogen-bond acceptors (Lipinski definition) is 3. The zero-order chi connectivity index (χ0) is 12.7. The molecule has 0 radical (unpaired) electrons. The van der Waals surface area contributed by atoms with Gasteiger partial charge in [-0.15, -0.1) is 6.42 Å². The lowest BCUT2D eigenvalue weighted by molar-refractivity contribution is 0.428. The maximum absolute atomic E-state index is 12.1. The summed E-state index contributed by atoms with van der Waals surface area (Å²) in [5.74, 6) is 3.19. The molecule has 1 N–H and O–H groups in total. The van der Waals surface area contributed by atoms with Crippen molar-refractivity contribution in [2.24, 2.45) is 5.92 Å². The number of unbranched alkanes of at least 4 members (excludes halogenated alkanes) is 1. The van der Waals surface area contributed by atoms with E-state index >= 15 is 0 Å². The Morgan fingerprint density at radius 2 is 2.12 bits per heavy atom.